The zero-order valence-corrected chi connectivity index (χ0v) is 10.7. The maximum atomic E-state index is 11.6. The van der Waals surface area contributed by atoms with E-state index in [1.54, 1.807) is 18.2 Å². The Morgan fingerprint density at radius 3 is 2.89 bits per heavy atom. The van der Waals surface area contributed by atoms with Crippen molar-refractivity contribution in [1.82, 2.24) is 5.32 Å². The molecule has 0 saturated heterocycles. The number of fused-ring (bicyclic) bond motifs is 1. The topological polar surface area (TPSA) is 84.9 Å². The molecule has 0 aromatic heterocycles. The van der Waals surface area contributed by atoms with Gasteiger partial charge in [0.2, 0.25) is 5.91 Å². The molecule has 2 N–H and O–H groups in total. The third-order valence-corrected chi connectivity index (χ3v) is 2.91. The van der Waals surface area contributed by atoms with Crippen LogP contribution in [0.1, 0.15) is 22.8 Å². The number of esters is 1. The Morgan fingerprint density at radius 2 is 2.26 bits per heavy atom. The monoisotopic (exact) mass is 263 g/mol. The Labute approximate surface area is 110 Å². The van der Waals surface area contributed by atoms with Crippen LogP contribution in [0.15, 0.2) is 18.2 Å². The fourth-order valence-electron chi connectivity index (χ4n) is 2.08. The largest absolute Gasteiger partial charge is 0.547 e. The van der Waals surface area contributed by atoms with E-state index in [0.717, 1.165) is 5.56 Å². The lowest BCUT2D eigenvalue weighted by Gasteiger charge is -2.28. The quantitative estimate of drug-likeness (QED) is 0.576. The molecular weight excluding hydrogens is 249 g/mol. The van der Waals surface area contributed by atoms with Crippen LogP contribution >= 0.6 is 0 Å². The summed E-state index contributed by atoms with van der Waals surface area (Å²) in [5.74, 6) is -0.997. The second-order valence-corrected chi connectivity index (χ2v) is 4.30. The normalized spacial score (nSPS) is 17.2. The van der Waals surface area contributed by atoms with Crippen molar-refractivity contribution in [3.8, 4) is 5.75 Å². The fourth-order valence-corrected chi connectivity index (χ4v) is 2.08. The second-order valence-electron chi connectivity index (χ2n) is 4.30. The lowest BCUT2D eigenvalue weighted by Crippen LogP contribution is -2.52. The number of carbonyl (C=O) groups excluding carboxylic acids is 2. The fraction of sp³-hybridized carbons (Fsp3) is 0.333. The summed E-state index contributed by atoms with van der Waals surface area (Å²) >= 11 is 0. The van der Waals surface area contributed by atoms with Gasteiger partial charge < -0.3 is 19.7 Å². The number of para-hydroxylation sites is 1. The van der Waals surface area contributed by atoms with Crippen LogP contribution in [0.3, 0.4) is 0 Å². The summed E-state index contributed by atoms with van der Waals surface area (Å²) in [4.78, 5) is 22.6. The molecule has 0 saturated carbocycles. The molecule has 0 aliphatic carbocycles. The van der Waals surface area contributed by atoms with Crippen molar-refractivity contribution in [3.63, 3.8) is 0 Å². The summed E-state index contributed by atoms with van der Waals surface area (Å²) in [6, 6.07) is 5.05. The van der Waals surface area contributed by atoms with Gasteiger partial charge in [0.15, 0.2) is 0 Å². The summed E-state index contributed by atoms with van der Waals surface area (Å²) in [6.45, 7) is 1.37. The molecule has 7 heteroatoms. The minimum atomic E-state index is -1.19. The van der Waals surface area contributed by atoms with E-state index in [9.17, 15) is 14.6 Å². The molecule has 1 aromatic rings. The van der Waals surface area contributed by atoms with Gasteiger partial charge in [-0.3, -0.25) is 4.79 Å². The van der Waals surface area contributed by atoms with Gasteiger partial charge in [0.05, 0.1) is 13.1 Å². The van der Waals surface area contributed by atoms with Crippen molar-refractivity contribution in [3.05, 3.63) is 29.3 Å². The molecule has 1 unspecified atom stereocenters. The Bertz CT molecular complexity index is 519. The molecule has 6 nitrogen and oxygen atoms in total. The minimum absolute atomic E-state index is 0.250. The zero-order valence-electron chi connectivity index (χ0n) is 10.7. The van der Waals surface area contributed by atoms with Crippen LogP contribution in [0.2, 0.25) is 0 Å². The molecule has 1 amide bonds. The molecule has 1 atom stereocenters. The molecule has 0 radical (unpaired) electrons. The van der Waals surface area contributed by atoms with E-state index >= 15 is 0 Å². The Morgan fingerprint density at radius 1 is 1.53 bits per heavy atom. The highest BCUT2D eigenvalue weighted by Gasteiger charge is 2.37. The maximum absolute atomic E-state index is 11.6. The van der Waals surface area contributed by atoms with Crippen molar-refractivity contribution in [2.75, 3.05) is 7.11 Å². The number of benzene rings is 1. The minimum Gasteiger partial charge on any atom is -0.534 e. The molecule has 1 aliphatic heterocycles. The van der Waals surface area contributed by atoms with Crippen molar-refractivity contribution >= 4 is 19.0 Å². The van der Waals surface area contributed by atoms with Crippen LogP contribution in [0.5, 0.6) is 5.75 Å². The van der Waals surface area contributed by atoms with Gasteiger partial charge in [0, 0.05) is 6.92 Å². The van der Waals surface area contributed by atoms with Gasteiger partial charge in [-0.15, -0.1) is 0 Å². The predicted octanol–water partition coefficient (Wildman–Crippen LogP) is -0.0675. The molecule has 0 bridgehead atoms. The summed E-state index contributed by atoms with van der Waals surface area (Å²) in [6.07, 6.45) is 0.390. The van der Waals surface area contributed by atoms with Crippen LogP contribution in [0.25, 0.3) is 0 Å². The van der Waals surface area contributed by atoms with E-state index in [1.807, 2.05) is 0 Å². The van der Waals surface area contributed by atoms with E-state index < -0.39 is 19.0 Å². The van der Waals surface area contributed by atoms with Gasteiger partial charge in [-0.2, -0.15) is 0 Å². The van der Waals surface area contributed by atoms with Crippen LogP contribution < -0.4 is 9.97 Å². The highest BCUT2D eigenvalue weighted by molar-refractivity contribution is 6.47. The molecule has 0 fully saturated rings. The standard InChI is InChI=1S/C12H14BNO5/c1-7(15)14-10-6-8-4-3-5-9(12(16)18-2)11(8)19-13(10)17/h3-5,10,17H,6H2,1-2H3,(H,14,15). The number of ether oxygens (including phenoxy) is 1. The molecule has 0 spiro atoms. The molecule has 2 rings (SSSR count). The third-order valence-electron chi connectivity index (χ3n) is 2.91. The number of methoxy groups -OCH3 is 1. The molecule has 100 valence electrons. The first-order chi connectivity index (χ1) is 9.02. The first-order valence-corrected chi connectivity index (χ1v) is 5.85. The third kappa shape index (κ3) is 2.71. The number of nitrogens with one attached hydrogen (secondary N) is 1. The van der Waals surface area contributed by atoms with Gasteiger partial charge in [0.25, 0.3) is 0 Å². The van der Waals surface area contributed by atoms with Gasteiger partial charge in [-0.1, -0.05) is 12.1 Å². The van der Waals surface area contributed by atoms with E-state index in [0.29, 0.717) is 12.2 Å². The summed E-state index contributed by atoms with van der Waals surface area (Å²) in [5.41, 5.74) is 1.01. The summed E-state index contributed by atoms with van der Waals surface area (Å²) in [7, 11) is 0.0865. The average molecular weight is 263 g/mol. The van der Waals surface area contributed by atoms with Crippen LogP contribution in [0, 0.1) is 0 Å². The Balaban J connectivity index is 2.32. The lowest BCUT2D eigenvalue weighted by atomic mass is 9.72. The van der Waals surface area contributed by atoms with Crippen LogP contribution in [-0.2, 0) is 16.0 Å². The van der Waals surface area contributed by atoms with Crippen LogP contribution in [0.4, 0.5) is 0 Å². The molecule has 1 aliphatic rings. The number of amides is 1. The lowest BCUT2D eigenvalue weighted by molar-refractivity contribution is -0.119. The molecule has 1 heterocycles. The van der Waals surface area contributed by atoms with E-state index in [1.165, 1.54) is 14.0 Å². The van der Waals surface area contributed by atoms with E-state index in [2.05, 4.69) is 10.1 Å². The van der Waals surface area contributed by atoms with Crippen molar-refractivity contribution in [2.24, 2.45) is 0 Å². The van der Waals surface area contributed by atoms with Gasteiger partial charge in [0.1, 0.15) is 11.3 Å². The zero-order chi connectivity index (χ0) is 14.0. The van der Waals surface area contributed by atoms with Crippen molar-refractivity contribution in [1.29, 1.82) is 0 Å². The molecule has 19 heavy (non-hydrogen) atoms. The predicted molar refractivity (Wildman–Crippen MR) is 67.7 cm³/mol. The first-order valence-electron chi connectivity index (χ1n) is 5.85. The van der Waals surface area contributed by atoms with Gasteiger partial charge >= 0.3 is 13.1 Å². The number of hydrogen-bond acceptors (Lipinski definition) is 5. The maximum Gasteiger partial charge on any atom is 0.547 e. The van der Waals surface area contributed by atoms with E-state index in [-0.39, 0.29) is 11.5 Å². The molecule has 1 aromatic carbocycles. The van der Waals surface area contributed by atoms with E-state index in [4.69, 9.17) is 4.65 Å². The second kappa shape index (κ2) is 5.32. The number of rotatable bonds is 2. The smallest absolute Gasteiger partial charge is 0.534 e. The van der Waals surface area contributed by atoms with Crippen molar-refractivity contribution in [2.45, 2.75) is 19.3 Å². The van der Waals surface area contributed by atoms with Crippen LogP contribution in [-0.4, -0.2) is 37.1 Å². The summed E-state index contributed by atoms with van der Waals surface area (Å²) < 4.78 is 10.00. The van der Waals surface area contributed by atoms with Gasteiger partial charge in [-0.25, -0.2) is 4.79 Å². The SMILES string of the molecule is COC(=O)c1cccc2c1OB(O)C(NC(C)=O)C2. The first kappa shape index (κ1) is 13.4. The summed E-state index contributed by atoms with van der Waals surface area (Å²) in [5, 5.41) is 12.5. The Hall–Kier alpha value is -2.02. The van der Waals surface area contributed by atoms with Gasteiger partial charge in [-0.05, 0) is 18.1 Å². The highest BCUT2D eigenvalue weighted by Crippen LogP contribution is 2.30. The Kier molecular flexibility index (Phi) is 3.75. The number of carbonyl (C=O) groups is 2. The highest BCUT2D eigenvalue weighted by atomic mass is 16.5. The molecular formula is C12H14BNO5. The van der Waals surface area contributed by atoms with Crippen molar-refractivity contribution < 1.29 is 24.0 Å². The number of hydrogen-bond donors (Lipinski definition) is 2. The average Bonchev–Trinajstić information content (AvgIpc) is 2.37.